The van der Waals surface area contributed by atoms with Crippen LogP contribution in [0.15, 0.2) is 23.0 Å². The number of hydrogen-bond donors (Lipinski definition) is 1. The molecule has 6 heteroatoms. The molecule has 2 atom stereocenters. The number of hydrogen-bond acceptors (Lipinski definition) is 6. The lowest BCUT2D eigenvalue weighted by molar-refractivity contribution is 0.169. The fourth-order valence-corrected chi connectivity index (χ4v) is 2.17. The molecule has 0 bridgehead atoms. The Morgan fingerprint density at radius 2 is 2.32 bits per heavy atom. The largest absolute Gasteiger partial charge is 0.379 e. The Morgan fingerprint density at radius 1 is 1.47 bits per heavy atom. The summed E-state index contributed by atoms with van der Waals surface area (Å²) in [5.74, 6) is 1.07. The lowest BCUT2D eigenvalue weighted by Gasteiger charge is -2.21. The van der Waals surface area contributed by atoms with Crippen LogP contribution in [0.5, 0.6) is 0 Å². The van der Waals surface area contributed by atoms with Crippen molar-refractivity contribution in [2.24, 2.45) is 5.73 Å². The molecule has 2 aromatic rings. The number of nitrogens with zero attached hydrogens (tertiary/aromatic N) is 3. The minimum absolute atomic E-state index is 0.129. The van der Waals surface area contributed by atoms with Gasteiger partial charge in [0.25, 0.3) is 0 Å². The zero-order chi connectivity index (χ0) is 13.5. The highest BCUT2D eigenvalue weighted by molar-refractivity contribution is 5.57. The molecule has 19 heavy (non-hydrogen) atoms. The van der Waals surface area contributed by atoms with Gasteiger partial charge in [0.05, 0.1) is 18.6 Å². The van der Waals surface area contributed by atoms with Crippen molar-refractivity contribution in [3.63, 3.8) is 0 Å². The van der Waals surface area contributed by atoms with E-state index < -0.39 is 5.41 Å². The maximum atomic E-state index is 6.06. The quantitative estimate of drug-likeness (QED) is 0.868. The first-order chi connectivity index (χ1) is 9.11. The minimum atomic E-state index is -0.415. The molecule has 2 unspecified atom stereocenters. The van der Waals surface area contributed by atoms with Gasteiger partial charge in [0.2, 0.25) is 11.7 Å². The molecule has 1 aliphatic heterocycles. The van der Waals surface area contributed by atoms with E-state index in [0.717, 1.165) is 11.1 Å². The van der Waals surface area contributed by atoms with Crippen molar-refractivity contribution in [3.05, 3.63) is 29.9 Å². The van der Waals surface area contributed by atoms with Gasteiger partial charge in [0, 0.05) is 24.0 Å². The first-order valence-corrected chi connectivity index (χ1v) is 6.20. The van der Waals surface area contributed by atoms with E-state index in [-0.39, 0.29) is 6.04 Å². The van der Waals surface area contributed by atoms with Crippen LogP contribution < -0.4 is 5.73 Å². The second kappa shape index (κ2) is 4.40. The second-order valence-corrected chi connectivity index (χ2v) is 5.15. The van der Waals surface area contributed by atoms with E-state index in [2.05, 4.69) is 15.1 Å². The van der Waals surface area contributed by atoms with Crippen LogP contribution in [0.3, 0.4) is 0 Å². The van der Waals surface area contributed by atoms with Gasteiger partial charge in [-0.15, -0.1) is 0 Å². The minimum Gasteiger partial charge on any atom is -0.379 e. The number of ether oxygens (including phenoxy) is 1. The Balaban J connectivity index is 1.98. The van der Waals surface area contributed by atoms with Gasteiger partial charge in [-0.2, -0.15) is 4.98 Å². The average molecular weight is 260 g/mol. The predicted octanol–water partition coefficient (Wildman–Crippen LogP) is 1.06. The molecule has 6 nitrogen and oxygen atoms in total. The van der Waals surface area contributed by atoms with Crippen LogP contribution in [0.25, 0.3) is 11.4 Å². The van der Waals surface area contributed by atoms with Crippen LogP contribution in [0.4, 0.5) is 0 Å². The van der Waals surface area contributed by atoms with Crippen molar-refractivity contribution in [1.29, 1.82) is 0 Å². The highest BCUT2D eigenvalue weighted by Gasteiger charge is 2.44. The monoisotopic (exact) mass is 260 g/mol. The fourth-order valence-electron chi connectivity index (χ4n) is 2.17. The van der Waals surface area contributed by atoms with Gasteiger partial charge in [-0.1, -0.05) is 5.16 Å². The molecule has 0 spiro atoms. The first kappa shape index (κ1) is 12.3. The summed E-state index contributed by atoms with van der Waals surface area (Å²) in [6, 6.07) is 1.79. The fraction of sp³-hybridized carbons (Fsp3) is 0.462. The van der Waals surface area contributed by atoms with Crippen molar-refractivity contribution in [3.8, 4) is 11.4 Å². The molecule has 0 amide bonds. The van der Waals surface area contributed by atoms with Gasteiger partial charge in [0.15, 0.2) is 0 Å². The van der Waals surface area contributed by atoms with E-state index in [4.69, 9.17) is 15.0 Å². The zero-order valence-electron chi connectivity index (χ0n) is 11.0. The molecule has 2 aromatic heterocycles. The summed E-state index contributed by atoms with van der Waals surface area (Å²) in [7, 11) is 0. The van der Waals surface area contributed by atoms with E-state index in [9.17, 15) is 0 Å². The van der Waals surface area contributed by atoms with Gasteiger partial charge in [-0.3, -0.25) is 4.98 Å². The second-order valence-electron chi connectivity index (χ2n) is 5.15. The molecule has 100 valence electrons. The molecule has 1 aliphatic rings. The lowest BCUT2D eigenvalue weighted by Crippen LogP contribution is -2.42. The van der Waals surface area contributed by atoms with E-state index in [1.165, 1.54) is 0 Å². The van der Waals surface area contributed by atoms with E-state index in [1.807, 2.05) is 19.9 Å². The summed E-state index contributed by atoms with van der Waals surface area (Å²) in [5.41, 5.74) is 7.57. The molecule has 3 rings (SSSR count). The number of rotatable bonds is 2. The summed E-state index contributed by atoms with van der Waals surface area (Å²) >= 11 is 0. The molecule has 0 aromatic carbocycles. The third kappa shape index (κ3) is 1.93. The van der Waals surface area contributed by atoms with Crippen LogP contribution in [0.1, 0.15) is 18.4 Å². The molecule has 1 saturated heterocycles. The van der Waals surface area contributed by atoms with E-state index in [0.29, 0.717) is 24.9 Å². The Hall–Kier alpha value is -1.79. The van der Waals surface area contributed by atoms with Crippen LogP contribution in [-0.2, 0) is 10.2 Å². The Bertz CT molecular complexity index is 598. The summed E-state index contributed by atoms with van der Waals surface area (Å²) < 4.78 is 10.8. The van der Waals surface area contributed by atoms with Crippen LogP contribution in [-0.4, -0.2) is 34.4 Å². The van der Waals surface area contributed by atoms with E-state index in [1.54, 1.807) is 12.4 Å². The predicted molar refractivity (Wildman–Crippen MR) is 68.4 cm³/mol. The van der Waals surface area contributed by atoms with Crippen molar-refractivity contribution >= 4 is 0 Å². The summed E-state index contributed by atoms with van der Waals surface area (Å²) in [6.07, 6.45) is 3.47. The third-order valence-electron chi connectivity index (χ3n) is 3.71. The first-order valence-electron chi connectivity index (χ1n) is 6.20. The molecule has 0 aliphatic carbocycles. The van der Waals surface area contributed by atoms with Gasteiger partial charge in [0.1, 0.15) is 0 Å². The molecular formula is C13H16N4O2. The highest BCUT2D eigenvalue weighted by atomic mass is 16.5. The van der Waals surface area contributed by atoms with Crippen molar-refractivity contribution < 1.29 is 9.26 Å². The Kier molecular flexibility index (Phi) is 2.83. The van der Waals surface area contributed by atoms with Crippen LogP contribution >= 0.6 is 0 Å². The summed E-state index contributed by atoms with van der Waals surface area (Å²) in [6.45, 7) is 4.99. The average Bonchev–Trinajstić information content (AvgIpc) is 2.99. The maximum absolute atomic E-state index is 6.06. The SMILES string of the molecule is Cc1ccncc1-c1noc(C2(C)COCC2N)n1. The van der Waals surface area contributed by atoms with Crippen molar-refractivity contribution in [2.45, 2.75) is 25.3 Å². The molecular weight excluding hydrogens is 244 g/mol. The smallest absolute Gasteiger partial charge is 0.236 e. The van der Waals surface area contributed by atoms with Gasteiger partial charge >= 0.3 is 0 Å². The Morgan fingerprint density at radius 3 is 3.00 bits per heavy atom. The summed E-state index contributed by atoms with van der Waals surface area (Å²) in [4.78, 5) is 8.56. The molecule has 0 saturated carbocycles. The number of aryl methyl sites for hydroxylation is 1. The zero-order valence-corrected chi connectivity index (χ0v) is 11.0. The number of nitrogens with two attached hydrogens (primary N) is 1. The van der Waals surface area contributed by atoms with Crippen LogP contribution in [0.2, 0.25) is 0 Å². The van der Waals surface area contributed by atoms with E-state index >= 15 is 0 Å². The molecule has 3 heterocycles. The third-order valence-corrected chi connectivity index (χ3v) is 3.71. The van der Waals surface area contributed by atoms with Crippen LogP contribution in [0, 0.1) is 6.92 Å². The number of aromatic nitrogens is 3. The maximum Gasteiger partial charge on any atom is 0.236 e. The topological polar surface area (TPSA) is 87.1 Å². The molecule has 2 N–H and O–H groups in total. The standard InChI is InChI=1S/C13H16N4O2/c1-8-3-4-15-5-9(8)11-16-12(19-17-11)13(2)7-18-6-10(13)14/h3-5,10H,6-7,14H2,1-2H3. The van der Waals surface area contributed by atoms with Crippen molar-refractivity contribution in [2.75, 3.05) is 13.2 Å². The molecule has 0 radical (unpaired) electrons. The summed E-state index contributed by atoms with van der Waals surface area (Å²) in [5, 5.41) is 4.03. The lowest BCUT2D eigenvalue weighted by atomic mass is 9.86. The number of pyridine rings is 1. The Labute approximate surface area is 111 Å². The van der Waals surface area contributed by atoms with Gasteiger partial charge in [-0.25, -0.2) is 0 Å². The van der Waals surface area contributed by atoms with Crippen molar-refractivity contribution in [1.82, 2.24) is 15.1 Å². The molecule has 1 fully saturated rings. The highest BCUT2D eigenvalue weighted by Crippen LogP contribution is 2.32. The van der Waals surface area contributed by atoms with Gasteiger partial charge in [-0.05, 0) is 25.5 Å². The van der Waals surface area contributed by atoms with Gasteiger partial charge < -0.3 is 15.0 Å². The normalized spacial score (nSPS) is 26.8.